The largest absolute Gasteiger partial charge is 0.490 e. The van der Waals surface area contributed by atoms with Gasteiger partial charge in [-0.1, -0.05) is 48.0 Å². The summed E-state index contributed by atoms with van der Waals surface area (Å²) in [5, 5.41) is 7.54. The Morgan fingerprint density at radius 2 is 1.62 bits per heavy atom. The number of piperazine rings is 1. The summed E-state index contributed by atoms with van der Waals surface area (Å²) in [6.45, 7) is 2.24. The minimum atomic E-state index is -0.359. The van der Waals surface area contributed by atoms with Crippen LogP contribution in [0.2, 0.25) is 5.02 Å². The van der Waals surface area contributed by atoms with Gasteiger partial charge in [-0.3, -0.25) is 4.79 Å². The van der Waals surface area contributed by atoms with E-state index in [-0.39, 0.29) is 28.8 Å². The zero-order valence-electron chi connectivity index (χ0n) is 18.6. The molecule has 0 bridgehead atoms. The standard InChI is InChI=1S/C25H26ClN5O3/c26-23-22(17-27-31(24(23)32)19-7-3-1-4-8-19)29-11-13-30(14-12-29)25(33)28-18-15-21(16-18)34-20-9-5-2-6-10-20/h1-10,17-18,21H,11-16H2,(H,28,33). The smallest absolute Gasteiger partial charge is 0.317 e. The highest BCUT2D eigenvalue weighted by atomic mass is 35.5. The summed E-state index contributed by atoms with van der Waals surface area (Å²) in [5.41, 5.74) is 0.899. The molecule has 8 nitrogen and oxygen atoms in total. The third kappa shape index (κ3) is 4.72. The van der Waals surface area contributed by atoms with Crippen molar-refractivity contribution in [3.63, 3.8) is 0 Å². The molecule has 2 aromatic carbocycles. The third-order valence-electron chi connectivity index (χ3n) is 6.28. The lowest BCUT2D eigenvalue weighted by atomic mass is 9.89. The average Bonchev–Trinajstić information content (AvgIpc) is 2.85. The molecule has 1 aromatic heterocycles. The number of amides is 2. The van der Waals surface area contributed by atoms with Crippen molar-refractivity contribution in [2.24, 2.45) is 0 Å². The summed E-state index contributed by atoms with van der Waals surface area (Å²) in [7, 11) is 0. The van der Waals surface area contributed by atoms with Crippen LogP contribution in [0.15, 0.2) is 71.7 Å². The summed E-state index contributed by atoms with van der Waals surface area (Å²) < 4.78 is 7.21. The average molecular weight is 480 g/mol. The molecule has 176 valence electrons. The number of ether oxygens (including phenoxy) is 1. The van der Waals surface area contributed by atoms with Crippen molar-refractivity contribution < 1.29 is 9.53 Å². The van der Waals surface area contributed by atoms with Gasteiger partial charge in [0.1, 0.15) is 16.9 Å². The lowest BCUT2D eigenvalue weighted by molar-refractivity contribution is 0.0845. The van der Waals surface area contributed by atoms with Crippen molar-refractivity contribution in [2.45, 2.75) is 25.0 Å². The van der Waals surface area contributed by atoms with Crippen molar-refractivity contribution in [3.8, 4) is 11.4 Å². The van der Waals surface area contributed by atoms with Crippen LogP contribution in [0.1, 0.15) is 12.8 Å². The Hall–Kier alpha value is -3.52. The second-order valence-electron chi connectivity index (χ2n) is 8.54. The van der Waals surface area contributed by atoms with Crippen LogP contribution in [0.3, 0.4) is 0 Å². The van der Waals surface area contributed by atoms with Crippen molar-refractivity contribution in [1.29, 1.82) is 0 Å². The monoisotopic (exact) mass is 479 g/mol. The first kappa shape index (κ1) is 22.3. The molecular formula is C25H26ClN5O3. The molecule has 1 aliphatic carbocycles. The number of nitrogens with zero attached hydrogens (tertiary/aromatic N) is 4. The molecule has 2 amide bonds. The molecule has 2 heterocycles. The number of nitrogens with one attached hydrogen (secondary N) is 1. The first-order chi connectivity index (χ1) is 16.6. The highest BCUT2D eigenvalue weighted by Crippen LogP contribution is 2.27. The Labute approximate surface area is 202 Å². The van der Waals surface area contributed by atoms with Crippen molar-refractivity contribution in [3.05, 3.63) is 82.2 Å². The maximum atomic E-state index is 12.8. The van der Waals surface area contributed by atoms with E-state index in [1.54, 1.807) is 23.2 Å². The molecule has 2 fully saturated rings. The van der Waals surface area contributed by atoms with E-state index >= 15 is 0 Å². The number of rotatable bonds is 5. The van der Waals surface area contributed by atoms with Crippen molar-refractivity contribution in [1.82, 2.24) is 20.0 Å². The fourth-order valence-electron chi connectivity index (χ4n) is 4.29. The lowest BCUT2D eigenvalue weighted by Gasteiger charge is -2.39. The molecule has 1 N–H and O–H groups in total. The summed E-state index contributed by atoms with van der Waals surface area (Å²) in [5.74, 6) is 0.859. The van der Waals surface area contributed by atoms with Gasteiger partial charge in [0.2, 0.25) is 0 Å². The first-order valence-electron chi connectivity index (χ1n) is 11.4. The topological polar surface area (TPSA) is 79.7 Å². The van der Waals surface area contributed by atoms with Gasteiger partial charge in [-0.15, -0.1) is 0 Å². The summed E-state index contributed by atoms with van der Waals surface area (Å²) in [6.07, 6.45) is 3.37. The minimum absolute atomic E-state index is 0.0634. The molecule has 9 heteroatoms. The van der Waals surface area contributed by atoms with Gasteiger partial charge in [0.25, 0.3) is 5.56 Å². The predicted octanol–water partition coefficient (Wildman–Crippen LogP) is 3.33. The molecule has 0 unspecified atom stereocenters. The number of carbonyl (C=O) groups is 1. The number of urea groups is 1. The van der Waals surface area contributed by atoms with Crippen molar-refractivity contribution in [2.75, 3.05) is 31.1 Å². The zero-order valence-corrected chi connectivity index (χ0v) is 19.4. The fraction of sp³-hybridized carbons (Fsp3) is 0.320. The van der Waals surface area contributed by atoms with E-state index in [0.29, 0.717) is 37.6 Å². The fourth-order valence-corrected chi connectivity index (χ4v) is 4.53. The first-order valence-corrected chi connectivity index (χ1v) is 11.8. The molecule has 3 aromatic rings. The SMILES string of the molecule is O=C(NC1CC(Oc2ccccc2)C1)N1CCN(c2cnn(-c3ccccc3)c(=O)c2Cl)CC1. The van der Waals surface area contributed by atoms with Gasteiger partial charge in [-0.25, -0.2) is 4.79 Å². The van der Waals surface area contributed by atoms with Crippen LogP contribution < -0.4 is 20.5 Å². The maximum Gasteiger partial charge on any atom is 0.317 e. The van der Waals surface area contributed by atoms with Gasteiger partial charge in [0, 0.05) is 45.1 Å². The normalized spacial score (nSPS) is 19.9. The summed E-state index contributed by atoms with van der Waals surface area (Å²) >= 11 is 6.43. The molecule has 1 saturated heterocycles. The number of hydrogen-bond donors (Lipinski definition) is 1. The van der Waals surface area contributed by atoms with E-state index in [0.717, 1.165) is 18.6 Å². The minimum Gasteiger partial charge on any atom is -0.490 e. The highest BCUT2D eigenvalue weighted by Gasteiger charge is 2.33. The predicted molar refractivity (Wildman–Crippen MR) is 131 cm³/mol. The van der Waals surface area contributed by atoms with Gasteiger partial charge in [0.05, 0.1) is 17.6 Å². The van der Waals surface area contributed by atoms with Crippen LogP contribution >= 0.6 is 11.6 Å². The highest BCUT2D eigenvalue weighted by molar-refractivity contribution is 6.33. The van der Waals surface area contributed by atoms with E-state index in [4.69, 9.17) is 16.3 Å². The van der Waals surface area contributed by atoms with Crippen LogP contribution in [-0.2, 0) is 0 Å². The number of carbonyl (C=O) groups excluding carboxylic acids is 1. The maximum absolute atomic E-state index is 12.8. The zero-order chi connectivity index (χ0) is 23.5. The second-order valence-corrected chi connectivity index (χ2v) is 8.92. The number of hydrogen-bond acceptors (Lipinski definition) is 5. The van der Waals surface area contributed by atoms with Gasteiger partial charge in [0.15, 0.2) is 0 Å². The number of para-hydroxylation sites is 2. The number of anilines is 1. The van der Waals surface area contributed by atoms with E-state index in [1.807, 2.05) is 53.4 Å². The summed E-state index contributed by atoms with van der Waals surface area (Å²) in [4.78, 5) is 29.3. The Bertz CT molecular complexity index is 1190. The van der Waals surface area contributed by atoms with Gasteiger partial charge in [-0.05, 0) is 24.3 Å². The van der Waals surface area contributed by atoms with Crippen molar-refractivity contribution >= 4 is 23.3 Å². The van der Waals surface area contributed by atoms with Crippen LogP contribution in [0.25, 0.3) is 5.69 Å². The Morgan fingerprint density at radius 1 is 0.971 bits per heavy atom. The molecule has 2 aliphatic rings. The van der Waals surface area contributed by atoms with Crippen LogP contribution in [0, 0.1) is 0 Å². The van der Waals surface area contributed by atoms with E-state index < -0.39 is 0 Å². The van der Waals surface area contributed by atoms with Crippen LogP contribution in [0.4, 0.5) is 10.5 Å². The number of aromatic nitrogens is 2. The van der Waals surface area contributed by atoms with E-state index in [1.165, 1.54) is 4.68 Å². The molecule has 34 heavy (non-hydrogen) atoms. The quantitative estimate of drug-likeness (QED) is 0.607. The molecule has 1 aliphatic heterocycles. The third-order valence-corrected chi connectivity index (χ3v) is 6.63. The molecule has 1 saturated carbocycles. The molecule has 0 spiro atoms. The van der Waals surface area contributed by atoms with Gasteiger partial charge < -0.3 is 19.9 Å². The van der Waals surface area contributed by atoms with Gasteiger partial charge >= 0.3 is 6.03 Å². The summed E-state index contributed by atoms with van der Waals surface area (Å²) in [6, 6.07) is 19.0. The van der Waals surface area contributed by atoms with Crippen LogP contribution in [-0.4, -0.2) is 59.0 Å². The van der Waals surface area contributed by atoms with E-state index in [9.17, 15) is 9.59 Å². The lowest BCUT2D eigenvalue weighted by Crippen LogP contribution is -2.56. The Morgan fingerprint density at radius 3 is 2.29 bits per heavy atom. The van der Waals surface area contributed by atoms with Gasteiger partial charge in [-0.2, -0.15) is 9.78 Å². The molecule has 5 rings (SSSR count). The second kappa shape index (κ2) is 9.77. The molecular weight excluding hydrogens is 454 g/mol. The number of halogens is 1. The van der Waals surface area contributed by atoms with Crippen LogP contribution in [0.5, 0.6) is 5.75 Å². The Balaban J connectivity index is 1.12. The Kier molecular flexibility index (Phi) is 6.40. The van der Waals surface area contributed by atoms with E-state index in [2.05, 4.69) is 10.4 Å². The number of benzene rings is 2. The molecule has 0 radical (unpaired) electrons. The molecule has 0 atom stereocenters.